The zero-order valence-electron chi connectivity index (χ0n) is 28.3. The number of carbonyl (C=O) groups excluding carboxylic acids is 1. The van der Waals surface area contributed by atoms with Crippen LogP contribution in [-0.2, 0) is 16.6 Å². The van der Waals surface area contributed by atoms with Crippen molar-refractivity contribution in [1.29, 1.82) is 0 Å². The van der Waals surface area contributed by atoms with Crippen molar-refractivity contribution in [3.8, 4) is 0 Å². The molecule has 2 aromatic rings. The number of nitrogens with one attached hydrogen (secondary N) is 1. The second-order valence-electron chi connectivity index (χ2n) is 17.7. The number of nitrogens with zero attached hydrogens (tertiary/aromatic N) is 1. The number of primary amides is 1. The number of fused-ring (bicyclic) bond motifs is 8. The van der Waals surface area contributed by atoms with E-state index in [4.69, 9.17) is 16.6 Å². The van der Waals surface area contributed by atoms with Gasteiger partial charge in [0.15, 0.2) is 0 Å². The summed E-state index contributed by atoms with van der Waals surface area (Å²) in [7, 11) is 0. The Morgan fingerprint density at radius 3 is 2.38 bits per heavy atom. The monoisotopic (exact) mass is 612 g/mol. The summed E-state index contributed by atoms with van der Waals surface area (Å²) >= 11 is 0. The number of carboxylic acid groups (broad SMARTS) is 1. The molecule has 7 heteroatoms. The van der Waals surface area contributed by atoms with Crippen molar-refractivity contribution in [1.82, 2.24) is 10.2 Å². The fourth-order valence-corrected chi connectivity index (χ4v) is 12.3. The molecule has 5 aliphatic rings. The van der Waals surface area contributed by atoms with Gasteiger partial charge in [0, 0.05) is 16.5 Å². The average Bonchev–Trinajstić information content (AvgIpc) is 3.33. The normalized spacial score (nSPS) is 39.5. The van der Waals surface area contributed by atoms with Gasteiger partial charge in [-0.3, -0.25) is 14.7 Å². The largest absolute Gasteiger partial charge is 0.481 e. The summed E-state index contributed by atoms with van der Waals surface area (Å²) in [5, 5.41) is 18.9. The van der Waals surface area contributed by atoms with Crippen molar-refractivity contribution >= 4 is 23.3 Å². The van der Waals surface area contributed by atoms with Crippen LogP contribution in [0.3, 0.4) is 0 Å². The predicted molar refractivity (Wildman–Crippen MR) is 177 cm³/mol. The summed E-state index contributed by atoms with van der Waals surface area (Å²) in [6.07, 6.45) is 8.03. The number of nitrogen functional groups attached to an aromatic ring is 1. The standard InChI is InChI=1S/C38H52N4O3/c1-33(2)13-15-38(32(44)45)16-14-37(7)28(25(38)20-33)23(21-9-8-10-22(17-21)31(40)43)18-27-35(5)19-24-29(41-42-30(24)39)34(3,4)26(35)11-12-36(27,37)6/h8-10,17,25-27H,11-16,18-20H2,1-7H3,(H2,40,43)(H,44,45)(H3,39,41,42). The molecule has 0 aliphatic heterocycles. The quantitative estimate of drug-likeness (QED) is 0.284. The number of hydrogen-bond acceptors (Lipinski definition) is 4. The third-order valence-corrected chi connectivity index (χ3v) is 14.9. The maximum atomic E-state index is 13.4. The van der Waals surface area contributed by atoms with Gasteiger partial charge >= 0.3 is 5.97 Å². The number of benzene rings is 1. The lowest BCUT2D eigenvalue weighted by molar-refractivity contribution is -0.175. The molecule has 6 N–H and O–H groups in total. The number of carbonyl (C=O) groups is 2. The van der Waals surface area contributed by atoms with Crippen LogP contribution >= 0.6 is 0 Å². The maximum Gasteiger partial charge on any atom is 0.310 e. The Morgan fingerprint density at radius 2 is 1.69 bits per heavy atom. The molecule has 0 radical (unpaired) electrons. The van der Waals surface area contributed by atoms with E-state index in [2.05, 4.69) is 59.6 Å². The Morgan fingerprint density at radius 1 is 0.978 bits per heavy atom. The number of amides is 1. The highest BCUT2D eigenvalue weighted by Crippen LogP contribution is 2.77. The Hall–Kier alpha value is -3.09. The first-order valence-electron chi connectivity index (χ1n) is 17.1. The number of aromatic nitrogens is 2. The van der Waals surface area contributed by atoms with Crippen LogP contribution in [0.4, 0.5) is 5.82 Å². The van der Waals surface area contributed by atoms with Crippen LogP contribution in [-0.4, -0.2) is 27.2 Å². The van der Waals surface area contributed by atoms with E-state index < -0.39 is 17.3 Å². The average molecular weight is 613 g/mol. The zero-order chi connectivity index (χ0) is 32.5. The lowest BCUT2D eigenvalue weighted by Crippen LogP contribution is -2.65. The fourth-order valence-electron chi connectivity index (χ4n) is 12.3. The van der Waals surface area contributed by atoms with Crippen molar-refractivity contribution in [2.75, 3.05) is 5.73 Å². The van der Waals surface area contributed by atoms with Crippen LogP contribution in [0.15, 0.2) is 29.8 Å². The molecule has 7 nitrogen and oxygen atoms in total. The third kappa shape index (κ3) is 3.85. The van der Waals surface area contributed by atoms with Gasteiger partial charge in [-0.2, -0.15) is 5.10 Å². The highest BCUT2D eigenvalue weighted by Gasteiger charge is 2.70. The number of anilines is 1. The number of hydrogen-bond donors (Lipinski definition) is 4. The first-order chi connectivity index (χ1) is 20.9. The summed E-state index contributed by atoms with van der Waals surface area (Å²) in [6, 6.07) is 7.83. The van der Waals surface area contributed by atoms with Crippen molar-refractivity contribution in [3.05, 3.63) is 52.2 Å². The van der Waals surface area contributed by atoms with Crippen LogP contribution in [0, 0.1) is 44.8 Å². The first kappa shape index (κ1) is 30.6. The molecule has 0 saturated heterocycles. The van der Waals surface area contributed by atoms with Crippen LogP contribution in [0.5, 0.6) is 0 Å². The molecule has 242 valence electrons. The topological polar surface area (TPSA) is 135 Å². The SMILES string of the molecule is CC1(C)CCC2(C(=O)O)CCC3(C)C(=C(c4cccc(C(N)=O)c4)CC4C5(C)Cc6c(n[nH]c6N)C(C)(C)C5CCC43C)C2C1. The smallest absolute Gasteiger partial charge is 0.310 e. The van der Waals surface area contributed by atoms with E-state index in [9.17, 15) is 14.7 Å². The molecule has 1 amide bonds. The van der Waals surface area contributed by atoms with Gasteiger partial charge in [-0.05, 0) is 120 Å². The van der Waals surface area contributed by atoms with Gasteiger partial charge in [-0.25, -0.2) is 0 Å². The van der Waals surface area contributed by atoms with Crippen LogP contribution in [0.1, 0.15) is 127 Å². The summed E-state index contributed by atoms with van der Waals surface area (Å²) in [4.78, 5) is 25.8. The molecular weight excluding hydrogens is 560 g/mol. The number of aliphatic carboxylic acids is 1. The lowest BCUT2D eigenvalue weighted by Gasteiger charge is -2.71. The van der Waals surface area contributed by atoms with Gasteiger partial charge in [0.1, 0.15) is 5.82 Å². The molecule has 3 fully saturated rings. The third-order valence-electron chi connectivity index (χ3n) is 14.9. The van der Waals surface area contributed by atoms with E-state index in [0.29, 0.717) is 36.1 Å². The summed E-state index contributed by atoms with van der Waals surface area (Å²) in [5.41, 5.74) is 17.8. The predicted octanol–water partition coefficient (Wildman–Crippen LogP) is 7.52. The van der Waals surface area contributed by atoms with E-state index >= 15 is 0 Å². The Balaban J connectivity index is 1.50. The van der Waals surface area contributed by atoms with Gasteiger partial charge in [-0.15, -0.1) is 0 Å². The molecule has 5 aliphatic carbocycles. The van der Waals surface area contributed by atoms with Crippen LogP contribution in [0.25, 0.3) is 5.57 Å². The van der Waals surface area contributed by atoms with Gasteiger partial charge < -0.3 is 16.6 Å². The minimum absolute atomic E-state index is 0.0310. The summed E-state index contributed by atoms with van der Waals surface area (Å²) < 4.78 is 0. The Bertz CT molecular complexity index is 1650. The first-order valence-corrected chi connectivity index (χ1v) is 17.1. The van der Waals surface area contributed by atoms with E-state index in [1.165, 1.54) is 16.7 Å². The van der Waals surface area contributed by atoms with Crippen LogP contribution in [0.2, 0.25) is 0 Å². The molecule has 1 aromatic heterocycles. The number of H-pyrrole nitrogens is 1. The van der Waals surface area contributed by atoms with Crippen molar-refractivity contribution < 1.29 is 14.7 Å². The van der Waals surface area contributed by atoms with Gasteiger partial charge in [0.05, 0.1) is 11.1 Å². The number of allylic oxidation sites excluding steroid dienone is 2. The lowest BCUT2D eigenvalue weighted by atomic mass is 9.33. The molecule has 0 bridgehead atoms. The van der Waals surface area contributed by atoms with Crippen molar-refractivity contribution in [2.45, 2.75) is 112 Å². The molecule has 7 atom stereocenters. The van der Waals surface area contributed by atoms with Gasteiger partial charge in [0.25, 0.3) is 0 Å². The fraction of sp³-hybridized carbons (Fsp3) is 0.658. The zero-order valence-corrected chi connectivity index (χ0v) is 28.3. The van der Waals surface area contributed by atoms with Gasteiger partial charge in [-0.1, -0.05) is 66.2 Å². The summed E-state index contributed by atoms with van der Waals surface area (Å²) in [6.45, 7) is 16.9. The van der Waals surface area contributed by atoms with Crippen LogP contribution < -0.4 is 11.5 Å². The molecule has 3 saturated carbocycles. The molecule has 45 heavy (non-hydrogen) atoms. The highest BCUT2D eigenvalue weighted by atomic mass is 16.4. The number of nitrogens with two attached hydrogens (primary N) is 2. The number of carboxylic acids is 1. The summed E-state index contributed by atoms with van der Waals surface area (Å²) in [5.74, 6) is 0.327. The van der Waals surface area contributed by atoms with E-state index in [-0.39, 0.29) is 33.0 Å². The molecular formula is C38H52N4O3. The van der Waals surface area contributed by atoms with Crippen molar-refractivity contribution in [3.63, 3.8) is 0 Å². The van der Waals surface area contributed by atoms with Gasteiger partial charge in [0.2, 0.25) is 5.91 Å². The van der Waals surface area contributed by atoms with E-state index in [1.807, 2.05) is 12.1 Å². The molecule has 1 heterocycles. The van der Waals surface area contributed by atoms with E-state index in [1.54, 1.807) is 6.07 Å². The second kappa shape index (κ2) is 9.25. The molecule has 1 aromatic carbocycles. The Labute approximate surface area is 268 Å². The minimum Gasteiger partial charge on any atom is -0.481 e. The van der Waals surface area contributed by atoms with E-state index in [0.717, 1.165) is 56.2 Å². The number of aromatic amines is 1. The molecule has 7 rings (SSSR count). The highest BCUT2D eigenvalue weighted by molar-refractivity contribution is 5.94. The van der Waals surface area contributed by atoms with Crippen molar-refractivity contribution in [2.24, 2.45) is 50.6 Å². The number of rotatable bonds is 3. The Kier molecular flexibility index (Phi) is 6.28. The minimum atomic E-state index is -0.756. The molecule has 7 unspecified atom stereocenters. The molecule has 0 spiro atoms. The maximum absolute atomic E-state index is 13.4. The second-order valence-corrected chi connectivity index (χ2v) is 17.7.